The Morgan fingerprint density at radius 1 is 0.839 bits per heavy atom. The van der Waals surface area contributed by atoms with Crippen LogP contribution in [0.25, 0.3) is 22.6 Å². The van der Waals surface area contributed by atoms with Gasteiger partial charge in [0, 0.05) is 11.8 Å². The molecule has 1 heterocycles. The standard InChI is InChI=1S/C23H19N3O4S/c1-31(28,29)20-13-11-19(12-14-20)22-25-26-23(30-22)24-21(27)15-16-7-9-18(10-8-16)17-5-3-2-4-6-17/h2-14H,15H2,1H3,(H,24,26,27). The first-order chi connectivity index (χ1) is 14.9. The van der Waals surface area contributed by atoms with Crippen LogP contribution in [0.5, 0.6) is 0 Å². The summed E-state index contributed by atoms with van der Waals surface area (Å²) < 4.78 is 28.6. The van der Waals surface area contributed by atoms with Gasteiger partial charge >= 0.3 is 6.01 Å². The minimum Gasteiger partial charge on any atom is -0.403 e. The Labute approximate surface area is 179 Å². The maximum atomic E-state index is 12.3. The predicted molar refractivity (Wildman–Crippen MR) is 117 cm³/mol. The molecular weight excluding hydrogens is 414 g/mol. The number of nitrogens with one attached hydrogen (secondary N) is 1. The predicted octanol–water partition coefficient (Wildman–Crippen LogP) is 3.99. The van der Waals surface area contributed by atoms with Gasteiger partial charge in [-0.05, 0) is 41.0 Å². The van der Waals surface area contributed by atoms with Crippen LogP contribution < -0.4 is 5.32 Å². The second-order valence-electron chi connectivity index (χ2n) is 7.00. The highest BCUT2D eigenvalue weighted by atomic mass is 32.2. The van der Waals surface area contributed by atoms with Crippen molar-refractivity contribution in [1.29, 1.82) is 0 Å². The number of carbonyl (C=O) groups is 1. The zero-order valence-electron chi connectivity index (χ0n) is 16.6. The summed E-state index contributed by atoms with van der Waals surface area (Å²) in [5.74, 6) is -0.0994. The van der Waals surface area contributed by atoms with Gasteiger partial charge in [-0.3, -0.25) is 10.1 Å². The van der Waals surface area contributed by atoms with Gasteiger partial charge in [0.05, 0.1) is 11.3 Å². The quantitative estimate of drug-likeness (QED) is 0.493. The lowest BCUT2D eigenvalue weighted by Crippen LogP contribution is -2.14. The summed E-state index contributed by atoms with van der Waals surface area (Å²) in [6, 6.07) is 23.8. The van der Waals surface area contributed by atoms with Crippen LogP contribution in [0.3, 0.4) is 0 Å². The van der Waals surface area contributed by atoms with Gasteiger partial charge in [-0.2, -0.15) is 0 Å². The smallest absolute Gasteiger partial charge is 0.322 e. The molecule has 0 spiro atoms. The fourth-order valence-corrected chi connectivity index (χ4v) is 3.66. The number of hydrogen-bond acceptors (Lipinski definition) is 6. The number of nitrogens with zero attached hydrogens (tertiary/aromatic N) is 2. The molecule has 0 unspecified atom stereocenters. The molecule has 31 heavy (non-hydrogen) atoms. The van der Waals surface area contributed by atoms with Crippen molar-refractivity contribution in [2.24, 2.45) is 0 Å². The molecule has 0 saturated heterocycles. The Bertz CT molecular complexity index is 1300. The summed E-state index contributed by atoms with van der Waals surface area (Å²) >= 11 is 0. The summed E-state index contributed by atoms with van der Waals surface area (Å²) in [4.78, 5) is 12.5. The molecule has 0 aliphatic carbocycles. The van der Waals surface area contributed by atoms with E-state index in [4.69, 9.17) is 4.42 Å². The minimum atomic E-state index is -3.28. The number of rotatable bonds is 6. The van der Waals surface area contributed by atoms with Crippen LogP contribution in [0.2, 0.25) is 0 Å². The molecule has 0 bridgehead atoms. The summed E-state index contributed by atoms with van der Waals surface area (Å²) in [6.07, 6.45) is 1.30. The van der Waals surface area contributed by atoms with Crippen LogP contribution >= 0.6 is 0 Å². The normalized spacial score (nSPS) is 11.3. The number of benzene rings is 3. The Morgan fingerprint density at radius 3 is 2.10 bits per heavy atom. The van der Waals surface area contributed by atoms with E-state index in [9.17, 15) is 13.2 Å². The highest BCUT2D eigenvalue weighted by Crippen LogP contribution is 2.22. The molecule has 7 nitrogen and oxygen atoms in total. The van der Waals surface area contributed by atoms with Gasteiger partial charge in [-0.1, -0.05) is 59.7 Å². The van der Waals surface area contributed by atoms with E-state index < -0.39 is 9.84 Å². The molecule has 3 aromatic carbocycles. The van der Waals surface area contributed by atoms with Crippen molar-refractivity contribution in [1.82, 2.24) is 10.2 Å². The van der Waals surface area contributed by atoms with E-state index in [1.165, 1.54) is 12.1 Å². The van der Waals surface area contributed by atoms with E-state index in [0.29, 0.717) is 5.56 Å². The molecule has 0 atom stereocenters. The van der Waals surface area contributed by atoms with E-state index in [1.54, 1.807) is 12.1 Å². The van der Waals surface area contributed by atoms with Crippen LogP contribution in [0.1, 0.15) is 5.56 Å². The topological polar surface area (TPSA) is 102 Å². The van der Waals surface area contributed by atoms with Gasteiger partial charge in [0.25, 0.3) is 0 Å². The van der Waals surface area contributed by atoms with E-state index >= 15 is 0 Å². The van der Waals surface area contributed by atoms with Crippen molar-refractivity contribution in [3.8, 4) is 22.6 Å². The third-order valence-corrected chi connectivity index (χ3v) is 5.75. The zero-order chi connectivity index (χ0) is 21.8. The molecule has 0 radical (unpaired) electrons. The second-order valence-corrected chi connectivity index (χ2v) is 9.01. The SMILES string of the molecule is CS(=O)(=O)c1ccc(-c2nnc(NC(=O)Cc3ccc(-c4ccccc4)cc3)o2)cc1. The average Bonchev–Trinajstić information content (AvgIpc) is 3.23. The monoisotopic (exact) mass is 433 g/mol. The van der Waals surface area contributed by atoms with Gasteiger partial charge < -0.3 is 4.42 Å². The van der Waals surface area contributed by atoms with Crippen molar-refractivity contribution in [2.75, 3.05) is 11.6 Å². The summed E-state index contributed by atoms with van der Waals surface area (Å²) in [7, 11) is -3.28. The first-order valence-electron chi connectivity index (χ1n) is 9.47. The lowest BCUT2D eigenvalue weighted by atomic mass is 10.0. The lowest BCUT2D eigenvalue weighted by Gasteiger charge is -2.04. The van der Waals surface area contributed by atoms with Gasteiger partial charge in [0.15, 0.2) is 9.84 Å². The number of carbonyl (C=O) groups excluding carboxylic acids is 1. The van der Waals surface area contributed by atoms with Crippen LogP contribution in [0.15, 0.2) is 88.2 Å². The maximum Gasteiger partial charge on any atom is 0.322 e. The molecule has 1 aromatic heterocycles. The average molecular weight is 433 g/mol. The number of amides is 1. The van der Waals surface area contributed by atoms with Crippen molar-refractivity contribution in [3.63, 3.8) is 0 Å². The molecule has 0 saturated carbocycles. The minimum absolute atomic E-state index is 0.0203. The molecule has 4 aromatic rings. The summed E-state index contributed by atoms with van der Waals surface area (Å²) in [6.45, 7) is 0. The van der Waals surface area contributed by atoms with E-state index in [1.807, 2.05) is 54.6 Å². The molecule has 8 heteroatoms. The van der Waals surface area contributed by atoms with Gasteiger partial charge in [-0.25, -0.2) is 8.42 Å². The van der Waals surface area contributed by atoms with E-state index in [2.05, 4.69) is 15.5 Å². The Hall–Kier alpha value is -3.78. The molecule has 4 rings (SSSR count). The first kappa shape index (κ1) is 20.5. The molecule has 156 valence electrons. The van der Waals surface area contributed by atoms with Crippen molar-refractivity contribution < 1.29 is 17.6 Å². The largest absolute Gasteiger partial charge is 0.403 e. The molecule has 1 amide bonds. The fourth-order valence-electron chi connectivity index (χ4n) is 3.03. The van der Waals surface area contributed by atoms with Crippen LogP contribution in [0, 0.1) is 0 Å². The highest BCUT2D eigenvalue weighted by molar-refractivity contribution is 7.90. The number of hydrogen-bond donors (Lipinski definition) is 1. The van der Waals surface area contributed by atoms with Crippen LogP contribution in [-0.2, 0) is 21.1 Å². The Kier molecular flexibility index (Phi) is 5.64. The molecule has 0 aliphatic rings. The number of aromatic nitrogens is 2. The van der Waals surface area contributed by atoms with Crippen molar-refractivity contribution >= 4 is 21.8 Å². The summed E-state index contributed by atoms with van der Waals surface area (Å²) in [5, 5.41) is 10.3. The fraction of sp³-hybridized carbons (Fsp3) is 0.0870. The highest BCUT2D eigenvalue weighted by Gasteiger charge is 2.13. The number of anilines is 1. The Balaban J connectivity index is 1.39. The van der Waals surface area contributed by atoms with Crippen LogP contribution in [0.4, 0.5) is 6.01 Å². The van der Waals surface area contributed by atoms with Crippen molar-refractivity contribution in [3.05, 3.63) is 84.4 Å². The lowest BCUT2D eigenvalue weighted by molar-refractivity contribution is -0.115. The summed E-state index contributed by atoms with van der Waals surface area (Å²) in [5.41, 5.74) is 3.60. The van der Waals surface area contributed by atoms with Gasteiger partial charge in [0.1, 0.15) is 0 Å². The van der Waals surface area contributed by atoms with E-state index in [0.717, 1.165) is 22.9 Å². The molecule has 1 N–H and O–H groups in total. The molecule has 0 fully saturated rings. The first-order valence-corrected chi connectivity index (χ1v) is 11.4. The zero-order valence-corrected chi connectivity index (χ0v) is 17.5. The number of sulfone groups is 1. The third-order valence-electron chi connectivity index (χ3n) is 4.63. The Morgan fingerprint density at radius 2 is 1.45 bits per heavy atom. The maximum absolute atomic E-state index is 12.3. The van der Waals surface area contributed by atoms with E-state index in [-0.39, 0.29) is 29.1 Å². The van der Waals surface area contributed by atoms with Gasteiger partial charge in [0.2, 0.25) is 11.8 Å². The molecular formula is C23H19N3O4S. The van der Waals surface area contributed by atoms with Gasteiger partial charge in [-0.15, -0.1) is 5.10 Å². The van der Waals surface area contributed by atoms with Crippen LogP contribution in [-0.4, -0.2) is 30.8 Å². The third kappa shape index (κ3) is 5.04. The van der Waals surface area contributed by atoms with Crippen molar-refractivity contribution in [2.45, 2.75) is 11.3 Å². The second kappa shape index (κ2) is 8.53. The molecule has 0 aliphatic heterocycles.